The van der Waals surface area contributed by atoms with E-state index in [2.05, 4.69) is 6.58 Å². The second-order valence-corrected chi connectivity index (χ2v) is 3.34. The van der Waals surface area contributed by atoms with Crippen LogP contribution in [-0.2, 0) is 14.3 Å². The summed E-state index contributed by atoms with van der Waals surface area (Å²) in [6, 6.07) is 0. The molecule has 12 heavy (non-hydrogen) atoms. The summed E-state index contributed by atoms with van der Waals surface area (Å²) in [4.78, 5) is 11.0. The Labute approximate surface area is 76.3 Å². The maximum Gasteiger partial charge on any atom is 0.351 e. The van der Waals surface area contributed by atoms with Crippen LogP contribution in [0, 0.1) is 0 Å². The third-order valence-electron chi connectivity index (χ3n) is 1.71. The van der Waals surface area contributed by atoms with Gasteiger partial charge < -0.3 is 9.47 Å². The highest BCUT2D eigenvalue weighted by molar-refractivity contribution is 6.40. The molecule has 1 atom stereocenters. The highest BCUT2D eigenvalue weighted by atomic mass is 35.5. The van der Waals surface area contributed by atoms with E-state index in [1.54, 1.807) is 6.92 Å². The first-order valence-corrected chi connectivity index (χ1v) is 4.13. The minimum atomic E-state index is -0.797. The molecule has 0 aromatic rings. The van der Waals surface area contributed by atoms with Crippen LogP contribution in [0.3, 0.4) is 0 Å². The first kappa shape index (κ1) is 9.55. The summed E-state index contributed by atoms with van der Waals surface area (Å²) in [5, 5.41) is -0.119. The Balaban J connectivity index is 2.49. The SMILES string of the molecule is C=C(Cl)C(=O)OC1(C)CCCO1. The Hall–Kier alpha value is -0.540. The molecule has 0 saturated carbocycles. The Morgan fingerprint density at radius 3 is 2.83 bits per heavy atom. The third-order valence-corrected chi connectivity index (χ3v) is 1.87. The number of carbonyl (C=O) groups is 1. The number of hydrogen-bond donors (Lipinski definition) is 0. The molecular formula is C8H11ClO3. The first-order valence-electron chi connectivity index (χ1n) is 3.75. The van der Waals surface area contributed by atoms with Crippen LogP contribution >= 0.6 is 11.6 Å². The molecule has 0 radical (unpaired) electrons. The number of rotatable bonds is 2. The van der Waals surface area contributed by atoms with Gasteiger partial charge in [-0.25, -0.2) is 4.79 Å². The van der Waals surface area contributed by atoms with Gasteiger partial charge in [0.1, 0.15) is 5.03 Å². The third kappa shape index (κ3) is 2.22. The predicted octanol–water partition coefficient (Wildman–Crippen LogP) is 1.81. The van der Waals surface area contributed by atoms with Crippen molar-refractivity contribution in [3.05, 3.63) is 11.6 Å². The molecule has 68 valence electrons. The summed E-state index contributed by atoms with van der Waals surface area (Å²) in [6.07, 6.45) is 1.61. The molecule has 1 rings (SSSR count). The highest BCUT2D eigenvalue weighted by Crippen LogP contribution is 2.27. The highest BCUT2D eigenvalue weighted by Gasteiger charge is 2.34. The zero-order valence-corrected chi connectivity index (χ0v) is 7.69. The molecule has 1 unspecified atom stereocenters. The van der Waals surface area contributed by atoms with E-state index >= 15 is 0 Å². The molecule has 0 aromatic heterocycles. The number of carbonyl (C=O) groups excluding carboxylic acids is 1. The summed E-state index contributed by atoms with van der Waals surface area (Å²) in [7, 11) is 0. The van der Waals surface area contributed by atoms with Crippen molar-refractivity contribution in [1.82, 2.24) is 0 Å². The van der Waals surface area contributed by atoms with Gasteiger partial charge in [0.25, 0.3) is 0 Å². The Bertz CT molecular complexity index is 206. The van der Waals surface area contributed by atoms with E-state index in [0.717, 1.165) is 6.42 Å². The summed E-state index contributed by atoms with van der Waals surface area (Å²) in [5.74, 6) is -1.41. The molecule has 3 nitrogen and oxygen atoms in total. The van der Waals surface area contributed by atoms with Crippen molar-refractivity contribution >= 4 is 17.6 Å². The molecule has 0 N–H and O–H groups in total. The van der Waals surface area contributed by atoms with Gasteiger partial charge in [-0.1, -0.05) is 18.2 Å². The van der Waals surface area contributed by atoms with Crippen LogP contribution in [0.1, 0.15) is 19.8 Å². The van der Waals surface area contributed by atoms with Gasteiger partial charge in [-0.05, 0) is 6.42 Å². The van der Waals surface area contributed by atoms with E-state index in [-0.39, 0.29) is 5.03 Å². The summed E-state index contributed by atoms with van der Waals surface area (Å²) in [6.45, 7) is 5.61. The fourth-order valence-corrected chi connectivity index (χ4v) is 1.12. The van der Waals surface area contributed by atoms with Gasteiger partial charge in [-0.2, -0.15) is 0 Å². The topological polar surface area (TPSA) is 35.5 Å². The average Bonchev–Trinajstić information content (AvgIpc) is 2.35. The molecule has 1 aliphatic rings. The summed E-state index contributed by atoms with van der Waals surface area (Å²) >= 11 is 5.34. The van der Waals surface area contributed by atoms with Crippen molar-refractivity contribution < 1.29 is 14.3 Å². The van der Waals surface area contributed by atoms with Gasteiger partial charge in [0.15, 0.2) is 0 Å². The lowest BCUT2D eigenvalue weighted by Crippen LogP contribution is -2.30. The van der Waals surface area contributed by atoms with E-state index in [4.69, 9.17) is 21.1 Å². The lowest BCUT2D eigenvalue weighted by atomic mass is 10.2. The maximum absolute atomic E-state index is 11.0. The largest absolute Gasteiger partial charge is 0.429 e. The lowest BCUT2D eigenvalue weighted by molar-refractivity contribution is -0.200. The molecule has 0 aromatic carbocycles. The Kier molecular flexibility index (Phi) is 2.75. The number of ether oxygens (including phenoxy) is 2. The standard InChI is InChI=1S/C8H11ClO3/c1-6(9)7(10)12-8(2)4-3-5-11-8/h1,3-5H2,2H3. The van der Waals surface area contributed by atoms with Crippen LogP contribution in [0.2, 0.25) is 0 Å². The molecule has 1 aliphatic heterocycles. The minimum absolute atomic E-state index is 0.119. The molecule has 0 spiro atoms. The molecular weight excluding hydrogens is 180 g/mol. The van der Waals surface area contributed by atoms with Crippen molar-refractivity contribution in [2.45, 2.75) is 25.6 Å². The van der Waals surface area contributed by atoms with E-state index in [1.807, 2.05) is 0 Å². The van der Waals surface area contributed by atoms with E-state index < -0.39 is 11.8 Å². The fourth-order valence-electron chi connectivity index (χ4n) is 1.09. The van der Waals surface area contributed by atoms with Gasteiger partial charge >= 0.3 is 5.97 Å². The zero-order chi connectivity index (χ0) is 9.19. The van der Waals surface area contributed by atoms with Gasteiger partial charge in [0.05, 0.1) is 6.61 Å². The van der Waals surface area contributed by atoms with Crippen LogP contribution in [-0.4, -0.2) is 18.4 Å². The summed E-state index contributed by atoms with van der Waals surface area (Å²) < 4.78 is 10.2. The van der Waals surface area contributed by atoms with Crippen molar-refractivity contribution in [1.29, 1.82) is 0 Å². The van der Waals surface area contributed by atoms with Crippen LogP contribution in [0.15, 0.2) is 11.6 Å². The number of hydrogen-bond acceptors (Lipinski definition) is 3. The molecule has 0 aliphatic carbocycles. The van der Waals surface area contributed by atoms with Gasteiger partial charge in [-0.3, -0.25) is 0 Å². The first-order chi connectivity index (χ1) is 5.53. The molecule has 1 saturated heterocycles. The van der Waals surface area contributed by atoms with Gasteiger partial charge in [-0.15, -0.1) is 0 Å². The smallest absolute Gasteiger partial charge is 0.351 e. The Morgan fingerprint density at radius 1 is 1.75 bits per heavy atom. The van der Waals surface area contributed by atoms with Crippen LogP contribution in [0.4, 0.5) is 0 Å². The van der Waals surface area contributed by atoms with E-state index in [0.29, 0.717) is 13.0 Å². The molecule has 1 heterocycles. The number of halogens is 1. The molecule has 0 bridgehead atoms. The number of esters is 1. The van der Waals surface area contributed by atoms with Gasteiger partial charge in [0, 0.05) is 13.3 Å². The van der Waals surface area contributed by atoms with Crippen molar-refractivity contribution in [3.8, 4) is 0 Å². The van der Waals surface area contributed by atoms with E-state index in [9.17, 15) is 4.79 Å². The minimum Gasteiger partial charge on any atom is -0.429 e. The second-order valence-electron chi connectivity index (χ2n) is 2.88. The molecule has 1 fully saturated rings. The van der Waals surface area contributed by atoms with Crippen LogP contribution in [0.25, 0.3) is 0 Å². The summed E-state index contributed by atoms with van der Waals surface area (Å²) in [5.41, 5.74) is 0. The van der Waals surface area contributed by atoms with Crippen molar-refractivity contribution in [3.63, 3.8) is 0 Å². The monoisotopic (exact) mass is 190 g/mol. The second kappa shape index (κ2) is 3.46. The lowest BCUT2D eigenvalue weighted by Gasteiger charge is -2.22. The van der Waals surface area contributed by atoms with Gasteiger partial charge in [0.2, 0.25) is 5.79 Å². The van der Waals surface area contributed by atoms with Crippen molar-refractivity contribution in [2.24, 2.45) is 0 Å². The average molecular weight is 191 g/mol. The normalized spacial score (nSPS) is 28.5. The zero-order valence-electron chi connectivity index (χ0n) is 6.93. The molecule has 0 amide bonds. The Morgan fingerprint density at radius 2 is 2.42 bits per heavy atom. The maximum atomic E-state index is 11.0. The molecule has 4 heteroatoms. The van der Waals surface area contributed by atoms with Crippen LogP contribution in [0.5, 0.6) is 0 Å². The fraction of sp³-hybridized carbons (Fsp3) is 0.625. The predicted molar refractivity (Wildman–Crippen MR) is 44.7 cm³/mol. The van der Waals surface area contributed by atoms with Crippen LogP contribution < -0.4 is 0 Å². The van der Waals surface area contributed by atoms with Crippen molar-refractivity contribution in [2.75, 3.05) is 6.61 Å². The van der Waals surface area contributed by atoms with E-state index in [1.165, 1.54) is 0 Å². The quantitative estimate of drug-likeness (QED) is 0.492.